The molecule has 106 valence electrons. The summed E-state index contributed by atoms with van der Waals surface area (Å²) in [4.78, 5) is 3.82. The molecule has 0 unspecified atom stereocenters. The fourth-order valence-corrected chi connectivity index (χ4v) is 1.37. The molecule has 1 aromatic heterocycles. The van der Waals surface area contributed by atoms with Crippen LogP contribution in [0.1, 0.15) is 25.6 Å². The van der Waals surface area contributed by atoms with E-state index in [9.17, 15) is 13.2 Å². The predicted octanol–water partition coefficient (Wildman–Crippen LogP) is 2.66. The Kier molecular flexibility index (Phi) is 5.14. The fraction of sp³-hybridized carbons (Fsp3) is 0.500. The highest BCUT2D eigenvalue weighted by Crippen LogP contribution is 2.14. The highest BCUT2D eigenvalue weighted by atomic mass is 19.4. The lowest BCUT2D eigenvalue weighted by Gasteiger charge is -2.07. The number of halogens is 3. The molecule has 0 bridgehead atoms. The predicted molar refractivity (Wildman–Crippen MR) is 69.1 cm³/mol. The van der Waals surface area contributed by atoms with Crippen molar-refractivity contribution in [2.75, 3.05) is 13.6 Å². The Labute approximate surface area is 110 Å². The lowest BCUT2D eigenvalue weighted by atomic mass is 10.2. The van der Waals surface area contributed by atoms with Crippen LogP contribution in [0.3, 0.4) is 0 Å². The van der Waals surface area contributed by atoms with Gasteiger partial charge in [0.25, 0.3) is 0 Å². The molecular weight excluding hydrogens is 257 g/mol. The molecule has 0 aliphatic carbocycles. The fourth-order valence-electron chi connectivity index (χ4n) is 1.37. The van der Waals surface area contributed by atoms with E-state index in [1.807, 2.05) is 13.8 Å². The van der Waals surface area contributed by atoms with Crippen LogP contribution in [0.2, 0.25) is 0 Å². The third-order valence-electron chi connectivity index (χ3n) is 2.26. The summed E-state index contributed by atoms with van der Waals surface area (Å²) < 4.78 is 37.9. The van der Waals surface area contributed by atoms with Crippen molar-refractivity contribution in [1.82, 2.24) is 15.1 Å². The first-order valence-electron chi connectivity index (χ1n) is 5.81. The molecule has 0 radical (unpaired) electrons. The van der Waals surface area contributed by atoms with Crippen LogP contribution in [0, 0.1) is 0 Å². The lowest BCUT2D eigenvalue weighted by molar-refractivity contribution is -0.122. The van der Waals surface area contributed by atoms with Crippen molar-refractivity contribution in [3.63, 3.8) is 0 Å². The van der Waals surface area contributed by atoms with Crippen molar-refractivity contribution in [3.8, 4) is 0 Å². The zero-order valence-corrected chi connectivity index (χ0v) is 11.1. The molecule has 0 atom stereocenters. The van der Waals surface area contributed by atoms with Gasteiger partial charge in [0.2, 0.25) is 0 Å². The lowest BCUT2D eigenvalue weighted by Crippen LogP contribution is -2.25. The molecule has 0 saturated carbocycles. The van der Waals surface area contributed by atoms with Crippen molar-refractivity contribution < 1.29 is 13.2 Å². The molecule has 0 aliphatic rings. The smallest absolute Gasteiger partial charge is 0.382 e. The summed E-state index contributed by atoms with van der Waals surface area (Å²) in [6.07, 6.45) is 0.271. The Morgan fingerprint density at radius 1 is 1.53 bits per heavy atom. The molecule has 1 rings (SSSR count). The van der Waals surface area contributed by atoms with Gasteiger partial charge in [-0.05, 0) is 19.9 Å². The molecule has 0 aliphatic heterocycles. The number of nitrogens with one attached hydrogen (secondary N) is 1. The second kappa shape index (κ2) is 6.40. The van der Waals surface area contributed by atoms with Crippen LogP contribution in [-0.4, -0.2) is 35.8 Å². The molecule has 1 heterocycles. The summed E-state index contributed by atoms with van der Waals surface area (Å²) in [5.74, 6) is 0. The summed E-state index contributed by atoms with van der Waals surface area (Å²) in [7, 11) is 1.55. The monoisotopic (exact) mass is 274 g/mol. The third kappa shape index (κ3) is 5.15. The summed E-state index contributed by atoms with van der Waals surface area (Å²) >= 11 is 0. The van der Waals surface area contributed by atoms with Gasteiger partial charge in [0.1, 0.15) is 6.54 Å². The zero-order valence-electron chi connectivity index (χ0n) is 11.1. The molecule has 0 spiro atoms. The van der Waals surface area contributed by atoms with E-state index in [1.165, 1.54) is 12.4 Å². The normalized spacial score (nSPS) is 13.5. The van der Waals surface area contributed by atoms with E-state index in [0.29, 0.717) is 11.3 Å². The Morgan fingerprint density at radius 3 is 2.68 bits per heavy atom. The van der Waals surface area contributed by atoms with Crippen LogP contribution in [0.4, 0.5) is 13.2 Å². The van der Waals surface area contributed by atoms with Gasteiger partial charge in [-0.1, -0.05) is 0 Å². The van der Waals surface area contributed by atoms with E-state index < -0.39 is 12.7 Å². The minimum Gasteiger partial charge on any atom is -0.382 e. The van der Waals surface area contributed by atoms with Gasteiger partial charge in [0, 0.05) is 37.3 Å². The van der Waals surface area contributed by atoms with Gasteiger partial charge in [-0.15, -0.1) is 0 Å². The van der Waals surface area contributed by atoms with Crippen molar-refractivity contribution in [1.29, 1.82) is 0 Å². The summed E-state index contributed by atoms with van der Waals surface area (Å²) in [5.41, 5.74) is 1.08. The molecule has 1 N–H and O–H groups in total. The van der Waals surface area contributed by atoms with Gasteiger partial charge in [-0.3, -0.25) is 9.67 Å². The Bertz CT molecular complexity index is 458. The van der Waals surface area contributed by atoms with E-state index in [4.69, 9.17) is 0 Å². The van der Waals surface area contributed by atoms with Crippen molar-refractivity contribution in [3.05, 3.63) is 24.2 Å². The van der Waals surface area contributed by atoms with E-state index >= 15 is 0 Å². The molecule has 7 heteroatoms. The minimum absolute atomic E-state index is 0.191. The van der Waals surface area contributed by atoms with Crippen LogP contribution in [0.15, 0.2) is 23.5 Å². The van der Waals surface area contributed by atoms with Gasteiger partial charge in [0.15, 0.2) is 0 Å². The summed E-state index contributed by atoms with van der Waals surface area (Å²) in [6, 6.07) is 1.93. The number of hydrogen-bond donors (Lipinski definition) is 1. The highest BCUT2D eigenvalue weighted by Gasteiger charge is 2.25. The van der Waals surface area contributed by atoms with E-state index in [1.54, 1.807) is 24.0 Å². The number of alkyl halides is 3. The molecule has 0 amide bonds. The average molecular weight is 274 g/mol. The number of nitrogens with zero attached hydrogens (tertiary/aromatic N) is 3. The quantitative estimate of drug-likeness (QED) is 0.839. The van der Waals surface area contributed by atoms with E-state index in [0.717, 1.165) is 0 Å². The first-order chi connectivity index (χ1) is 8.83. The topological polar surface area (TPSA) is 42.2 Å². The van der Waals surface area contributed by atoms with Gasteiger partial charge in [-0.25, -0.2) is 0 Å². The van der Waals surface area contributed by atoms with Gasteiger partial charge in [-0.2, -0.15) is 18.3 Å². The second-order valence-electron chi connectivity index (χ2n) is 4.26. The first kappa shape index (κ1) is 15.3. The zero-order chi connectivity index (χ0) is 14.5. The number of allylic oxidation sites excluding steroid dienone is 1. The maximum Gasteiger partial charge on any atom is 0.405 e. The van der Waals surface area contributed by atoms with Crippen LogP contribution < -0.4 is 5.32 Å². The maximum atomic E-state index is 12.1. The maximum absolute atomic E-state index is 12.1. The van der Waals surface area contributed by atoms with Crippen LogP contribution in [0.5, 0.6) is 0 Å². The highest BCUT2D eigenvalue weighted by molar-refractivity contribution is 6.08. The largest absolute Gasteiger partial charge is 0.405 e. The number of hydrogen-bond acceptors (Lipinski definition) is 3. The first-order valence-corrected chi connectivity index (χ1v) is 5.81. The van der Waals surface area contributed by atoms with Gasteiger partial charge < -0.3 is 5.32 Å². The van der Waals surface area contributed by atoms with Crippen molar-refractivity contribution in [2.24, 2.45) is 4.99 Å². The van der Waals surface area contributed by atoms with Crippen LogP contribution >= 0.6 is 0 Å². The molecule has 0 saturated heterocycles. The third-order valence-corrected chi connectivity index (χ3v) is 2.26. The number of aromatic nitrogens is 2. The van der Waals surface area contributed by atoms with Gasteiger partial charge in [0.05, 0.1) is 5.69 Å². The number of rotatable bonds is 5. The minimum atomic E-state index is -4.25. The average Bonchev–Trinajstić information content (AvgIpc) is 2.75. The Morgan fingerprint density at radius 2 is 2.21 bits per heavy atom. The van der Waals surface area contributed by atoms with E-state index in [2.05, 4.69) is 15.4 Å². The van der Waals surface area contributed by atoms with Crippen molar-refractivity contribution in [2.45, 2.75) is 26.1 Å². The number of aliphatic imine (C=N–C) groups is 1. The Balaban J connectivity index is 2.84. The van der Waals surface area contributed by atoms with Gasteiger partial charge >= 0.3 is 6.18 Å². The second-order valence-corrected chi connectivity index (χ2v) is 4.26. The molecule has 0 fully saturated rings. The Hall–Kier alpha value is -1.79. The summed E-state index contributed by atoms with van der Waals surface area (Å²) in [5, 5.41) is 6.50. The van der Waals surface area contributed by atoms with Crippen LogP contribution in [-0.2, 0) is 0 Å². The summed E-state index contributed by atoms with van der Waals surface area (Å²) in [6.45, 7) is 2.85. The molecule has 0 aromatic carbocycles. The SMILES string of the molecule is CN=C/C(=C\NCC(F)(F)F)c1ccn(C(C)C)n1. The molecule has 4 nitrogen and oxygen atoms in total. The molecule has 1 aromatic rings. The van der Waals surface area contributed by atoms with Crippen LogP contribution in [0.25, 0.3) is 5.57 Å². The van der Waals surface area contributed by atoms with Crippen molar-refractivity contribution >= 4 is 11.8 Å². The standard InChI is InChI=1S/C12H17F3N4/c1-9(2)19-5-4-11(18-19)10(6-16-3)7-17-8-12(13,14)15/h4-7,9,17H,8H2,1-3H3/b10-7+,16-6?. The molecular formula is C12H17F3N4. The molecule has 19 heavy (non-hydrogen) atoms. The van der Waals surface area contributed by atoms with E-state index in [-0.39, 0.29) is 6.04 Å².